The van der Waals surface area contributed by atoms with Gasteiger partial charge in [0.2, 0.25) is 0 Å². The molecule has 0 aliphatic heterocycles. The second-order valence-corrected chi connectivity index (χ2v) is 20.7. The van der Waals surface area contributed by atoms with E-state index in [0.717, 1.165) is 0 Å². The monoisotopic (exact) mass is 1450 g/mol. The number of halogens is 18. The van der Waals surface area contributed by atoms with Crippen LogP contribution in [0.5, 0.6) is 23.0 Å². The second kappa shape index (κ2) is 42.8. The van der Waals surface area contributed by atoms with E-state index in [-0.39, 0.29) is 110 Å². The van der Waals surface area contributed by atoms with Gasteiger partial charge in [0, 0.05) is 33.7 Å². The van der Waals surface area contributed by atoms with Gasteiger partial charge in [0.05, 0.1) is 35.7 Å². The predicted octanol–water partition coefficient (Wildman–Crippen LogP) is 11.9. The number of aliphatic carboxylic acids is 4. The minimum Gasteiger partial charge on any atom is -0.481 e. The van der Waals surface area contributed by atoms with Gasteiger partial charge in [-0.15, -0.1) is 0 Å². The topological polar surface area (TPSA) is 399 Å². The standard InChI is InChI=1S/4C11H12ClF2NO3.2CHF3O3S.2CH4/c2*12-7-1-2-8(6(5-15)3-10(16)17)9(4-7)18-11(13)14;2*12-8-2-1-6(3-9(8)18-11(13)14)7(5-15)4-10(16)17;2*2-1(3,4)8(5,6)7;;/h2*1-2,4,6,11H,3,5,15H2,(H,16,17);2*1-3,7,11H,4-5,15H2,(H,16,17);2*(H,5,6,7);2*1H4. The number of carbonyl (C=O) groups is 4. The van der Waals surface area contributed by atoms with E-state index < -0.39 is 105 Å². The summed E-state index contributed by atoms with van der Waals surface area (Å²) in [5.74, 6) is -6.98. The van der Waals surface area contributed by atoms with Crippen LogP contribution in [0, 0.1) is 0 Å². The van der Waals surface area contributed by atoms with Gasteiger partial charge in [0.25, 0.3) is 0 Å². The molecule has 4 unspecified atom stereocenters. The van der Waals surface area contributed by atoms with Crippen LogP contribution in [-0.4, -0.2) is 134 Å². The van der Waals surface area contributed by atoms with E-state index in [4.69, 9.17) is 116 Å². The largest absolute Gasteiger partial charge is 0.522 e. The number of carboxylic acids is 4. The number of nitrogens with two attached hydrogens (primary N) is 4. The van der Waals surface area contributed by atoms with Crippen LogP contribution in [0.4, 0.5) is 61.5 Å². The molecular formula is C48H58Cl4F14N4O18S2. The van der Waals surface area contributed by atoms with Crippen LogP contribution in [0.15, 0.2) is 72.8 Å². The summed E-state index contributed by atoms with van der Waals surface area (Å²) in [7, 11) is -11.7. The van der Waals surface area contributed by atoms with E-state index in [1.54, 1.807) is 12.1 Å². The summed E-state index contributed by atoms with van der Waals surface area (Å²) in [4.78, 5) is 42.6. The summed E-state index contributed by atoms with van der Waals surface area (Å²) in [6.07, 6.45) is -0.909. The first kappa shape index (κ1) is 90.2. The highest BCUT2D eigenvalue weighted by molar-refractivity contribution is 7.86. The molecule has 22 nitrogen and oxygen atoms in total. The van der Waals surface area contributed by atoms with E-state index in [0.29, 0.717) is 22.3 Å². The molecule has 42 heteroatoms. The molecule has 4 rings (SSSR count). The summed E-state index contributed by atoms with van der Waals surface area (Å²) in [5, 5.41) is 35.4. The SMILES string of the molecule is C.C.NCC(CC(=O)O)c1ccc(Cl)c(OC(F)F)c1.NCC(CC(=O)O)c1ccc(Cl)c(OC(F)F)c1.NCC(CC(=O)O)c1ccc(Cl)cc1OC(F)F.NCC(CC(=O)O)c1ccc(Cl)cc1OC(F)F.O=S(=O)(O)C(F)(F)F.O=S(=O)(O)C(F)(F)F. The van der Waals surface area contributed by atoms with Crippen LogP contribution in [0.25, 0.3) is 0 Å². The number of hydrogen-bond acceptors (Lipinski definition) is 16. The zero-order valence-corrected chi connectivity index (χ0v) is 48.4. The Bertz CT molecular complexity index is 2880. The van der Waals surface area contributed by atoms with E-state index in [1.165, 1.54) is 60.7 Å². The molecule has 0 saturated heterocycles. The van der Waals surface area contributed by atoms with Crippen LogP contribution in [0.1, 0.15) is 86.5 Å². The van der Waals surface area contributed by atoms with Crippen molar-refractivity contribution in [1.82, 2.24) is 0 Å². The van der Waals surface area contributed by atoms with Gasteiger partial charge >= 0.3 is 81.6 Å². The van der Waals surface area contributed by atoms with Gasteiger partial charge in [-0.25, -0.2) is 0 Å². The van der Waals surface area contributed by atoms with E-state index in [1.807, 2.05) is 0 Å². The molecule has 90 heavy (non-hydrogen) atoms. The molecule has 0 aromatic heterocycles. The smallest absolute Gasteiger partial charge is 0.481 e. The first-order valence-corrected chi connectivity index (χ1v) is 27.4. The Labute approximate surface area is 523 Å². The van der Waals surface area contributed by atoms with Gasteiger partial charge in [-0.3, -0.25) is 28.3 Å². The molecule has 0 heterocycles. The number of rotatable bonds is 24. The molecule has 0 amide bonds. The number of hydrogen-bond donors (Lipinski definition) is 10. The van der Waals surface area contributed by atoms with Crippen LogP contribution < -0.4 is 41.9 Å². The third-order valence-electron chi connectivity index (χ3n) is 9.96. The summed E-state index contributed by atoms with van der Waals surface area (Å²) in [6, 6.07) is 16.7. The van der Waals surface area contributed by atoms with Crippen molar-refractivity contribution >= 4 is 90.5 Å². The van der Waals surface area contributed by atoms with Gasteiger partial charge in [0.1, 0.15) is 23.0 Å². The molecular weight excluding hydrogens is 1390 g/mol. The van der Waals surface area contributed by atoms with E-state index >= 15 is 0 Å². The lowest BCUT2D eigenvalue weighted by molar-refractivity contribution is -0.138. The number of alkyl halides is 14. The Morgan fingerprint density at radius 1 is 0.411 bits per heavy atom. The molecule has 4 atom stereocenters. The molecule has 0 radical (unpaired) electrons. The maximum Gasteiger partial charge on any atom is 0.522 e. The van der Waals surface area contributed by atoms with Crippen LogP contribution in [-0.2, 0) is 39.4 Å². The van der Waals surface area contributed by atoms with Gasteiger partial charge in [-0.05, 0) is 97.0 Å². The fourth-order valence-electron chi connectivity index (χ4n) is 6.17. The quantitative estimate of drug-likeness (QED) is 0.0177. The van der Waals surface area contributed by atoms with Crippen molar-refractivity contribution in [3.63, 3.8) is 0 Å². The van der Waals surface area contributed by atoms with Gasteiger partial charge < -0.3 is 62.3 Å². The third kappa shape index (κ3) is 37.2. The lowest BCUT2D eigenvalue weighted by Gasteiger charge is -2.17. The minimum absolute atomic E-state index is 0. The molecule has 516 valence electrons. The van der Waals surface area contributed by atoms with Gasteiger partial charge in [-0.1, -0.05) is 85.5 Å². The Morgan fingerprint density at radius 2 is 0.633 bits per heavy atom. The van der Waals surface area contributed by atoms with E-state index in [2.05, 4.69) is 18.9 Å². The molecule has 0 aliphatic rings. The van der Waals surface area contributed by atoms with Crippen LogP contribution in [0.3, 0.4) is 0 Å². The van der Waals surface area contributed by atoms with Crippen molar-refractivity contribution < 1.29 is 146 Å². The lowest BCUT2D eigenvalue weighted by atomic mass is 9.95. The zero-order valence-electron chi connectivity index (χ0n) is 43.7. The average molecular weight is 1450 g/mol. The summed E-state index contributed by atoms with van der Waals surface area (Å²) in [6.45, 7) is -11.8. The Hall–Kier alpha value is -6.20. The van der Waals surface area contributed by atoms with Gasteiger partial charge in [0.15, 0.2) is 0 Å². The second-order valence-electron chi connectivity index (χ2n) is 16.2. The fraction of sp³-hybridized carbons (Fsp3) is 0.417. The number of carboxylic acid groups (broad SMARTS) is 4. The first-order chi connectivity index (χ1) is 40.2. The van der Waals surface area contributed by atoms with Crippen molar-refractivity contribution in [2.45, 2.75) is 102 Å². The normalized spacial score (nSPS) is 12.5. The predicted molar refractivity (Wildman–Crippen MR) is 297 cm³/mol. The van der Waals surface area contributed by atoms with Crippen LogP contribution >= 0.6 is 46.4 Å². The first-order valence-electron chi connectivity index (χ1n) is 23.0. The number of benzene rings is 4. The summed E-state index contributed by atoms with van der Waals surface area (Å²) < 4.78 is 230. The molecule has 0 bridgehead atoms. The van der Waals surface area contributed by atoms with Crippen LogP contribution in [0.2, 0.25) is 20.1 Å². The Kier molecular flexibility index (Phi) is 42.9. The highest BCUT2D eigenvalue weighted by Crippen LogP contribution is 2.36. The Balaban J connectivity index is -0.000000503. The zero-order chi connectivity index (χ0) is 68.8. The molecule has 14 N–H and O–H groups in total. The molecule has 0 aliphatic carbocycles. The highest BCUT2D eigenvalue weighted by atomic mass is 35.5. The summed E-state index contributed by atoms with van der Waals surface area (Å²) >= 11 is 22.7. The van der Waals surface area contributed by atoms with Crippen molar-refractivity contribution in [1.29, 1.82) is 0 Å². The molecule has 4 aromatic carbocycles. The van der Waals surface area contributed by atoms with Crippen molar-refractivity contribution in [3.05, 3.63) is 115 Å². The van der Waals surface area contributed by atoms with E-state index in [9.17, 15) is 80.6 Å². The average Bonchev–Trinajstić information content (AvgIpc) is 3.58. The van der Waals surface area contributed by atoms with Crippen molar-refractivity contribution in [2.24, 2.45) is 22.9 Å². The lowest BCUT2D eigenvalue weighted by Crippen LogP contribution is -2.21. The van der Waals surface area contributed by atoms with Gasteiger partial charge in [-0.2, -0.15) is 78.3 Å². The van der Waals surface area contributed by atoms with Crippen molar-refractivity contribution in [2.75, 3.05) is 26.2 Å². The molecule has 0 saturated carbocycles. The third-order valence-corrected chi connectivity index (χ3v) is 12.2. The summed E-state index contributed by atoms with van der Waals surface area (Å²) in [5.41, 5.74) is 12.4. The molecule has 0 fully saturated rings. The molecule has 0 spiro atoms. The fourth-order valence-corrected chi connectivity index (χ4v) is 6.81. The molecule has 4 aromatic rings. The maximum absolute atomic E-state index is 12.2. The maximum atomic E-state index is 12.2. The number of ether oxygens (including phenoxy) is 4. The Morgan fingerprint density at radius 3 is 0.833 bits per heavy atom. The minimum atomic E-state index is -5.84. The van der Waals surface area contributed by atoms with Crippen molar-refractivity contribution in [3.8, 4) is 23.0 Å². The highest BCUT2D eigenvalue weighted by Gasteiger charge is 2.45.